The number of rotatable bonds is 4. The summed E-state index contributed by atoms with van der Waals surface area (Å²) >= 11 is 1.59. The summed E-state index contributed by atoms with van der Waals surface area (Å²) in [4.78, 5) is 25.8. The highest BCUT2D eigenvalue weighted by Crippen LogP contribution is 2.36. The standard InChI is InChI=1S/C15H21NO3S/c1-10-8-12(11(2)20-10)13(17)16-9-15(14(18)19)6-4-3-5-7-15/h8H,3-7,9H2,1-2H3,(H,16,17)(H,18,19). The fourth-order valence-electron chi connectivity index (χ4n) is 2.90. The number of carbonyl (C=O) groups excluding carboxylic acids is 1. The molecule has 1 fully saturated rings. The highest BCUT2D eigenvalue weighted by atomic mass is 32.1. The van der Waals surface area contributed by atoms with Crippen LogP contribution in [0.15, 0.2) is 6.07 Å². The zero-order valence-corrected chi connectivity index (χ0v) is 12.8. The molecule has 5 heteroatoms. The molecule has 0 spiro atoms. The van der Waals surface area contributed by atoms with Crippen LogP contribution in [-0.4, -0.2) is 23.5 Å². The molecule has 1 aliphatic carbocycles. The first-order valence-electron chi connectivity index (χ1n) is 7.03. The van der Waals surface area contributed by atoms with Crippen molar-refractivity contribution in [3.05, 3.63) is 21.4 Å². The van der Waals surface area contributed by atoms with Crippen LogP contribution in [0.2, 0.25) is 0 Å². The molecule has 1 aromatic heterocycles. The average molecular weight is 295 g/mol. The Morgan fingerprint density at radius 1 is 1.30 bits per heavy atom. The Hall–Kier alpha value is -1.36. The largest absolute Gasteiger partial charge is 0.481 e. The topological polar surface area (TPSA) is 66.4 Å². The molecule has 0 atom stereocenters. The highest BCUT2D eigenvalue weighted by molar-refractivity contribution is 7.12. The van der Waals surface area contributed by atoms with Crippen molar-refractivity contribution in [1.29, 1.82) is 0 Å². The molecule has 1 aliphatic rings. The molecule has 0 aromatic carbocycles. The van der Waals surface area contributed by atoms with Gasteiger partial charge in [0.15, 0.2) is 0 Å². The number of amides is 1. The van der Waals surface area contributed by atoms with Crippen LogP contribution in [-0.2, 0) is 4.79 Å². The van der Waals surface area contributed by atoms with Crippen molar-refractivity contribution in [1.82, 2.24) is 5.32 Å². The third-order valence-electron chi connectivity index (χ3n) is 4.14. The van der Waals surface area contributed by atoms with Crippen molar-refractivity contribution in [2.75, 3.05) is 6.54 Å². The second kappa shape index (κ2) is 5.95. The number of aliphatic carboxylic acids is 1. The Kier molecular flexibility index (Phi) is 4.48. The van der Waals surface area contributed by atoms with Gasteiger partial charge in [0.25, 0.3) is 5.91 Å². The summed E-state index contributed by atoms with van der Waals surface area (Å²) in [6.07, 6.45) is 4.26. The van der Waals surface area contributed by atoms with Crippen molar-refractivity contribution in [3.63, 3.8) is 0 Å². The first kappa shape index (κ1) is 15.0. The fraction of sp³-hybridized carbons (Fsp3) is 0.600. The number of carboxylic acid groups (broad SMARTS) is 1. The maximum absolute atomic E-state index is 12.2. The van der Waals surface area contributed by atoms with Crippen LogP contribution in [0, 0.1) is 19.3 Å². The molecular formula is C15H21NO3S. The number of thiophene rings is 1. The van der Waals surface area contributed by atoms with E-state index in [0.29, 0.717) is 18.4 Å². The lowest BCUT2D eigenvalue weighted by Crippen LogP contribution is -2.44. The summed E-state index contributed by atoms with van der Waals surface area (Å²) in [6, 6.07) is 1.86. The molecule has 0 radical (unpaired) electrons. The minimum Gasteiger partial charge on any atom is -0.481 e. The minimum absolute atomic E-state index is 0.155. The van der Waals surface area contributed by atoms with E-state index in [9.17, 15) is 14.7 Å². The van der Waals surface area contributed by atoms with Gasteiger partial charge < -0.3 is 10.4 Å². The van der Waals surface area contributed by atoms with Gasteiger partial charge in [0.05, 0.1) is 11.0 Å². The number of carbonyl (C=O) groups is 2. The van der Waals surface area contributed by atoms with Gasteiger partial charge in [0.2, 0.25) is 0 Å². The maximum atomic E-state index is 12.2. The van der Waals surface area contributed by atoms with Crippen LogP contribution in [0.1, 0.15) is 52.2 Å². The maximum Gasteiger partial charge on any atom is 0.311 e. The van der Waals surface area contributed by atoms with Crippen molar-refractivity contribution in [2.24, 2.45) is 5.41 Å². The van der Waals surface area contributed by atoms with E-state index in [-0.39, 0.29) is 12.5 Å². The summed E-state index contributed by atoms with van der Waals surface area (Å²) in [6.45, 7) is 4.12. The van der Waals surface area contributed by atoms with E-state index < -0.39 is 11.4 Å². The second-order valence-electron chi connectivity index (χ2n) is 5.66. The third-order valence-corrected chi connectivity index (χ3v) is 5.10. The zero-order valence-electron chi connectivity index (χ0n) is 12.0. The van der Waals surface area contributed by atoms with E-state index in [1.165, 1.54) is 0 Å². The van der Waals surface area contributed by atoms with Gasteiger partial charge in [-0.05, 0) is 32.8 Å². The Balaban J connectivity index is 2.04. The molecule has 0 bridgehead atoms. The van der Waals surface area contributed by atoms with Gasteiger partial charge in [-0.1, -0.05) is 19.3 Å². The van der Waals surface area contributed by atoms with Crippen molar-refractivity contribution < 1.29 is 14.7 Å². The van der Waals surface area contributed by atoms with E-state index in [1.807, 2.05) is 19.9 Å². The summed E-state index contributed by atoms with van der Waals surface area (Å²) in [5.41, 5.74) is -0.101. The average Bonchev–Trinajstić information content (AvgIpc) is 2.76. The number of aryl methyl sites for hydroxylation is 2. The number of nitrogens with one attached hydrogen (secondary N) is 1. The summed E-state index contributed by atoms with van der Waals surface area (Å²) < 4.78 is 0. The molecule has 1 amide bonds. The highest BCUT2D eigenvalue weighted by Gasteiger charge is 2.39. The van der Waals surface area contributed by atoms with Gasteiger partial charge in [-0.15, -0.1) is 11.3 Å². The van der Waals surface area contributed by atoms with Crippen LogP contribution in [0.4, 0.5) is 0 Å². The predicted molar refractivity (Wildman–Crippen MR) is 79.3 cm³/mol. The van der Waals surface area contributed by atoms with Crippen LogP contribution in [0.5, 0.6) is 0 Å². The lowest BCUT2D eigenvalue weighted by Gasteiger charge is -2.33. The van der Waals surface area contributed by atoms with Gasteiger partial charge >= 0.3 is 5.97 Å². The predicted octanol–water partition coefficient (Wildman–Crippen LogP) is 3.13. The Morgan fingerprint density at radius 2 is 1.95 bits per heavy atom. The SMILES string of the molecule is Cc1cc(C(=O)NCC2(C(=O)O)CCCCC2)c(C)s1. The van der Waals surface area contributed by atoms with E-state index in [0.717, 1.165) is 29.0 Å². The number of carboxylic acids is 1. The summed E-state index contributed by atoms with van der Waals surface area (Å²) in [5, 5.41) is 12.3. The molecule has 0 saturated heterocycles. The van der Waals surface area contributed by atoms with Crippen molar-refractivity contribution >= 4 is 23.2 Å². The molecule has 20 heavy (non-hydrogen) atoms. The van der Waals surface area contributed by atoms with Crippen LogP contribution in [0.25, 0.3) is 0 Å². The molecule has 1 heterocycles. The smallest absolute Gasteiger partial charge is 0.311 e. The first-order valence-corrected chi connectivity index (χ1v) is 7.85. The summed E-state index contributed by atoms with van der Waals surface area (Å²) in [7, 11) is 0. The molecule has 1 aromatic rings. The van der Waals surface area contributed by atoms with E-state index in [1.54, 1.807) is 11.3 Å². The molecule has 4 nitrogen and oxygen atoms in total. The third kappa shape index (κ3) is 3.03. The number of hydrogen-bond donors (Lipinski definition) is 2. The second-order valence-corrected chi connectivity index (χ2v) is 7.12. The van der Waals surface area contributed by atoms with Gasteiger partial charge in [-0.2, -0.15) is 0 Å². The van der Waals surface area contributed by atoms with Crippen LogP contribution >= 0.6 is 11.3 Å². The molecule has 0 aliphatic heterocycles. The Bertz CT molecular complexity index is 515. The van der Waals surface area contributed by atoms with Gasteiger partial charge in [-0.3, -0.25) is 9.59 Å². The molecular weight excluding hydrogens is 274 g/mol. The molecule has 0 unspecified atom stereocenters. The lowest BCUT2D eigenvalue weighted by atomic mass is 9.74. The normalized spacial score (nSPS) is 17.7. The molecule has 2 N–H and O–H groups in total. The van der Waals surface area contributed by atoms with E-state index in [2.05, 4.69) is 5.32 Å². The van der Waals surface area contributed by atoms with Crippen LogP contribution < -0.4 is 5.32 Å². The molecule has 110 valence electrons. The van der Waals surface area contributed by atoms with Gasteiger partial charge in [0, 0.05) is 16.3 Å². The zero-order chi connectivity index (χ0) is 14.8. The van der Waals surface area contributed by atoms with Gasteiger partial charge in [-0.25, -0.2) is 0 Å². The molecule has 1 saturated carbocycles. The van der Waals surface area contributed by atoms with E-state index in [4.69, 9.17) is 0 Å². The minimum atomic E-state index is -0.782. The lowest BCUT2D eigenvalue weighted by molar-refractivity contribution is -0.150. The number of hydrogen-bond acceptors (Lipinski definition) is 3. The van der Waals surface area contributed by atoms with Crippen LogP contribution in [0.3, 0.4) is 0 Å². The van der Waals surface area contributed by atoms with Gasteiger partial charge in [0.1, 0.15) is 0 Å². The van der Waals surface area contributed by atoms with Crippen molar-refractivity contribution in [3.8, 4) is 0 Å². The fourth-order valence-corrected chi connectivity index (χ4v) is 3.82. The Labute approximate surface area is 123 Å². The quantitative estimate of drug-likeness (QED) is 0.897. The summed E-state index contributed by atoms with van der Waals surface area (Å²) in [5.74, 6) is -0.936. The molecule has 2 rings (SSSR count). The monoisotopic (exact) mass is 295 g/mol. The first-order chi connectivity index (χ1) is 9.44. The van der Waals surface area contributed by atoms with E-state index >= 15 is 0 Å². The van der Waals surface area contributed by atoms with Crippen molar-refractivity contribution in [2.45, 2.75) is 46.0 Å². The Morgan fingerprint density at radius 3 is 2.45 bits per heavy atom.